The van der Waals surface area contributed by atoms with Crippen LogP contribution < -0.4 is 5.32 Å². The molecular weight excluding hydrogens is 240 g/mol. The third kappa shape index (κ3) is 3.09. The van der Waals surface area contributed by atoms with Gasteiger partial charge in [-0.1, -0.05) is 0 Å². The van der Waals surface area contributed by atoms with Crippen LogP contribution in [0.2, 0.25) is 0 Å². The van der Waals surface area contributed by atoms with Crippen molar-refractivity contribution in [2.24, 2.45) is 0 Å². The van der Waals surface area contributed by atoms with Crippen molar-refractivity contribution in [3.05, 3.63) is 12.4 Å². The Morgan fingerprint density at radius 1 is 1.53 bits per heavy atom. The number of anilines is 1. The summed E-state index contributed by atoms with van der Waals surface area (Å²) in [6, 6.07) is 0.267. The number of likely N-dealkylation sites (N-methyl/N-ethyl adjacent to an activating group) is 1. The van der Waals surface area contributed by atoms with Crippen molar-refractivity contribution in [3.8, 4) is 0 Å². The number of ether oxygens (including phenoxy) is 1. The Bertz CT molecular complexity index is 398. The first-order chi connectivity index (χ1) is 9.07. The van der Waals surface area contributed by atoms with E-state index in [0.717, 1.165) is 12.5 Å². The zero-order chi connectivity index (χ0) is 13.9. The highest BCUT2D eigenvalue weighted by Crippen LogP contribution is 2.38. The molecule has 1 aliphatic carbocycles. The third-order valence-electron chi connectivity index (χ3n) is 4.21. The maximum atomic E-state index is 5.16. The zero-order valence-corrected chi connectivity index (χ0v) is 12.5. The van der Waals surface area contributed by atoms with Crippen LogP contribution in [0.3, 0.4) is 0 Å². The second kappa shape index (κ2) is 5.92. The monoisotopic (exact) mass is 266 g/mol. The van der Waals surface area contributed by atoms with Crippen molar-refractivity contribution in [1.29, 1.82) is 0 Å². The molecule has 108 valence electrons. The average molecular weight is 266 g/mol. The number of aromatic nitrogens is 2. The van der Waals surface area contributed by atoms with Gasteiger partial charge in [-0.15, -0.1) is 0 Å². The molecule has 5 nitrogen and oxygen atoms in total. The lowest BCUT2D eigenvalue weighted by Gasteiger charge is -2.47. The highest BCUT2D eigenvalue weighted by Gasteiger charge is 2.39. The van der Waals surface area contributed by atoms with Crippen molar-refractivity contribution in [2.45, 2.75) is 44.3 Å². The van der Waals surface area contributed by atoms with Gasteiger partial charge in [-0.3, -0.25) is 0 Å². The predicted octanol–water partition coefficient (Wildman–Crippen LogP) is 1.81. The molecule has 0 saturated heterocycles. The van der Waals surface area contributed by atoms with Crippen molar-refractivity contribution in [3.63, 3.8) is 0 Å². The van der Waals surface area contributed by atoms with E-state index in [0.29, 0.717) is 12.1 Å². The van der Waals surface area contributed by atoms with Crippen LogP contribution in [0.15, 0.2) is 12.4 Å². The lowest BCUT2D eigenvalue weighted by Crippen LogP contribution is -2.53. The Morgan fingerprint density at radius 3 is 2.79 bits per heavy atom. The second-order valence-corrected chi connectivity index (χ2v) is 5.85. The molecule has 1 aliphatic rings. The van der Waals surface area contributed by atoms with E-state index in [-0.39, 0.29) is 6.04 Å². The molecule has 1 fully saturated rings. The van der Waals surface area contributed by atoms with Crippen LogP contribution in [0.4, 0.5) is 5.95 Å². The molecule has 2 rings (SSSR count). The van der Waals surface area contributed by atoms with E-state index in [4.69, 9.17) is 4.74 Å². The fraction of sp³-hybridized carbons (Fsp3) is 0.786. The number of hydrogen-bond acceptors (Lipinski definition) is 4. The van der Waals surface area contributed by atoms with Crippen LogP contribution in [-0.2, 0) is 11.3 Å². The highest BCUT2D eigenvalue weighted by molar-refractivity contribution is 5.28. The van der Waals surface area contributed by atoms with Gasteiger partial charge in [0.25, 0.3) is 0 Å². The van der Waals surface area contributed by atoms with E-state index < -0.39 is 0 Å². The molecule has 1 aromatic heterocycles. The van der Waals surface area contributed by atoms with Gasteiger partial charge in [0.05, 0.1) is 6.61 Å². The van der Waals surface area contributed by atoms with Crippen LogP contribution in [0, 0.1) is 0 Å². The van der Waals surface area contributed by atoms with Gasteiger partial charge in [-0.2, -0.15) is 0 Å². The first kappa shape index (κ1) is 14.3. The minimum absolute atomic E-state index is 0.267. The molecule has 0 aliphatic heterocycles. The van der Waals surface area contributed by atoms with Gasteiger partial charge in [0.15, 0.2) is 0 Å². The zero-order valence-electron chi connectivity index (χ0n) is 12.5. The van der Waals surface area contributed by atoms with Crippen LogP contribution in [0.25, 0.3) is 0 Å². The van der Waals surface area contributed by atoms with E-state index in [9.17, 15) is 0 Å². The van der Waals surface area contributed by atoms with Crippen molar-refractivity contribution in [1.82, 2.24) is 14.5 Å². The lowest BCUT2D eigenvalue weighted by atomic mass is 9.75. The molecule has 0 spiro atoms. The number of nitrogens with zero attached hydrogens (tertiary/aromatic N) is 3. The molecule has 0 aromatic carbocycles. The normalized spacial score (nSPS) is 19.2. The topological polar surface area (TPSA) is 42.3 Å². The van der Waals surface area contributed by atoms with Crippen molar-refractivity contribution in [2.75, 3.05) is 33.1 Å². The summed E-state index contributed by atoms with van der Waals surface area (Å²) in [5.41, 5.74) is 0.307. The Hall–Kier alpha value is -1.07. The average Bonchev–Trinajstić information content (AvgIpc) is 2.70. The van der Waals surface area contributed by atoms with E-state index in [1.807, 2.05) is 6.20 Å². The van der Waals surface area contributed by atoms with E-state index in [1.165, 1.54) is 19.3 Å². The molecule has 19 heavy (non-hydrogen) atoms. The fourth-order valence-electron chi connectivity index (χ4n) is 2.74. The number of hydrogen-bond donors (Lipinski definition) is 1. The van der Waals surface area contributed by atoms with E-state index >= 15 is 0 Å². The highest BCUT2D eigenvalue weighted by atomic mass is 16.5. The Morgan fingerprint density at radius 2 is 2.26 bits per heavy atom. The van der Waals surface area contributed by atoms with Gasteiger partial charge in [0.1, 0.15) is 0 Å². The quantitative estimate of drug-likeness (QED) is 0.817. The molecule has 0 bridgehead atoms. The predicted molar refractivity (Wildman–Crippen MR) is 77.5 cm³/mol. The van der Waals surface area contributed by atoms with Crippen LogP contribution in [-0.4, -0.2) is 53.8 Å². The maximum Gasteiger partial charge on any atom is 0.203 e. The number of imidazole rings is 1. The molecule has 0 amide bonds. The number of nitrogens with one attached hydrogen (secondary N) is 1. The van der Waals surface area contributed by atoms with E-state index in [1.54, 1.807) is 7.11 Å². The van der Waals surface area contributed by atoms with Crippen molar-refractivity contribution < 1.29 is 4.74 Å². The summed E-state index contributed by atoms with van der Waals surface area (Å²) < 4.78 is 7.38. The van der Waals surface area contributed by atoms with Crippen molar-refractivity contribution >= 4 is 5.95 Å². The summed E-state index contributed by atoms with van der Waals surface area (Å²) in [5.74, 6) is 0.942. The summed E-state index contributed by atoms with van der Waals surface area (Å²) in [6.45, 7) is 3.79. The molecule has 1 N–H and O–H groups in total. The van der Waals surface area contributed by atoms with Crippen LogP contribution in [0.1, 0.15) is 26.2 Å². The molecule has 5 heteroatoms. The first-order valence-corrected chi connectivity index (χ1v) is 7.01. The lowest BCUT2D eigenvalue weighted by molar-refractivity contribution is 0.0429. The molecule has 1 aromatic rings. The standard InChI is InChI=1S/C14H26N4O/c1-12(10-19-4)16-13-15-8-9-18(13)11-14(17(2)3)6-5-7-14/h8-9,12H,5-7,10-11H2,1-4H3,(H,15,16). The first-order valence-electron chi connectivity index (χ1n) is 7.01. The SMILES string of the molecule is COCC(C)Nc1nccn1CC1(N(C)C)CCC1. The van der Waals surface area contributed by atoms with Gasteiger partial charge >= 0.3 is 0 Å². The van der Waals surface area contributed by atoms with Gasteiger partial charge < -0.3 is 19.5 Å². The number of methoxy groups -OCH3 is 1. The van der Waals surface area contributed by atoms with Gasteiger partial charge in [-0.25, -0.2) is 4.98 Å². The molecule has 1 atom stereocenters. The Kier molecular flexibility index (Phi) is 4.47. The second-order valence-electron chi connectivity index (χ2n) is 5.85. The summed E-state index contributed by atoms with van der Waals surface area (Å²) in [7, 11) is 6.08. The minimum Gasteiger partial charge on any atom is -0.383 e. The third-order valence-corrected chi connectivity index (χ3v) is 4.21. The molecule has 1 heterocycles. The van der Waals surface area contributed by atoms with Gasteiger partial charge in [-0.05, 0) is 40.3 Å². The summed E-state index contributed by atoms with van der Waals surface area (Å²) in [4.78, 5) is 6.78. The van der Waals surface area contributed by atoms with E-state index in [2.05, 4.69) is 47.0 Å². The van der Waals surface area contributed by atoms with Crippen LogP contribution in [0.5, 0.6) is 0 Å². The smallest absolute Gasteiger partial charge is 0.203 e. The Balaban J connectivity index is 2.03. The van der Waals surface area contributed by atoms with Crippen LogP contribution >= 0.6 is 0 Å². The molecule has 0 radical (unpaired) electrons. The number of rotatable bonds is 7. The molecule has 1 saturated carbocycles. The maximum absolute atomic E-state index is 5.16. The Labute approximate surface area is 116 Å². The largest absolute Gasteiger partial charge is 0.383 e. The summed E-state index contributed by atoms with van der Waals surface area (Å²) in [6.07, 6.45) is 7.79. The van der Waals surface area contributed by atoms with Gasteiger partial charge in [0.2, 0.25) is 5.95 Å². The molecular formula is C14H26N4O. The minimum atomic E-state index is 0.267. The summed E-state index contributed by atoms with van der Waals surface area (Å²) in [5, 5.41) is 3.41. The summed E-state index contributed by atoms with van der Waals surface area (Å²) >= 11 is 0. The fourth-order valence-corrected chi connectivity index (χ4v) is 2.74. The molecule has 1 unspecified atom stereocenters. The van der Waals surface area contributed by atoms with Gasteiger partial charge in [0, 0.05) is 37.6 Å².